The third kappa shape index (κ3) is 1.11. The lowest BCUT2D eigenvalue weighted by atomic mass is 10.1. The highest BCUT2D eigenvalue weighted by molar-refractivity contribution is 5.41. The van der Waals surface area contributed by atoms with Crippen LogP contribution in [0.2, 0.25) is 0 Å². The van der Waals surface area contributed by atoms with E-state index in [1.807, 2.05) is 14.0 Å². The van der Waals surface area contributed by atoms with Crippen LogP contribution in [-0.2, 0) is 17.4 Å². The van der Waals surface area contributed by atoms with Crippen molar-refractivity contribution >= 4 is 6.08 Å². The van der Waals surface area contributed by atoms with Gasteiger partial charge >= 0.3 is 0 Å². The fraction of sp³-hybridized carbons (Fsp3) is 0.556. The zero-order chi connectivity index (χ0) is 9.47. The second-order valence-electron chi connectivity index (χ2n) is 3.50. The van der Waals surface area contributed by atoms with Gasteiger partial charge in [-0.1, -0.05) is 0 Å². The Kier molecular flexibility index (Phi) is 1.60. The Balaban J connectivity index is 2.46. The van der Waals surface area contributed by atoms with Gasteiger partial charge in [-0.15, -0.1) is 0 Å². The minimum absolute atomic E-state index is 0.278. The van der Waals surface area contributed by atoms with Crippen molar-refractivity contribution in [2.24, 2.45) is 12.0 Å². The fourth-order valence-electron chi connectivity index (χ4n) is 1.60. The lowest BCUT2D eigenvalue weighted by molar-refractivity contribution is 0.556. The van der Waals surface area contributed by atoms with Gasteiger partial charge in [0, 0.05) is 18.3 Å². The zero-order valence-electron chi connectivity index (χ0n) is 7.74. The van der Waals surface area contributed by atoms with E-state index in [0.717, 1.165) is 24.1 Å². The largest absolute Gasteiger partial charge is 0.273 e. The van der Waals surface area contributed by atoms with Gasteiger partial charge in [0.2, 0.25) is 6.08 Å². The second-order valence-corrected chi connectivity index (χ2v) is 3.50. The first kappa shape index (κ1) is 8.20. The molecule has 0 bridgehead atoms. The molecular weight excluding hydrogens is 166 g/mol. The summed E-state index contributed by atoms with van der Waals surface area (Å²) >= 11 is 0. The van der Waals surface area contributed by atoms with Crippen molar-refractivity contribution < 1.29 is 4.79 Å². The van der Waals surface area contributed by atoms with Gasteiger partial charge in [-0.05, 0) is 19.8 Å². The SMILES string of the molecule is Cc1c(C2(N=C=O)CC2)cnn1C. The van der Waals surface area contributed by atoms with Gasteiger partial charge in [-0.2, -0.15) is 10.1 Å². The molecule has 0 atom stereocenters. The van der Waals surface area contributed by atoms with Crippen molar-refractivity contribution in [3.63, 3.8) is 0 Å². The number of aliphatic imine (C=N–C) groups is 1. The first-order valence-electron chi connectivity index (χ1n) is 4.28. The number of carbonyl (C=O) groups excluding carboxylic acids is 1. The molecule has 0 aliphatic heterocycles. The molecule has 68 valence electrons. The van der Waals surface area contributed by atoms with Crippen LogP contribution in [0.1, 0.15) is 24.1 Å². The maximum absolute atomic E-state index is 10.2. The van der Waals surface area contributed by atoms with E-state index in [-0.39, 0.29) is 5.54 Å². The Hall–Kier alpha value is -1.41. The molecule has 13 heavy (non-hydrogen) atoms. The minimum atomic E-state index is -0.278. The Morgan fingerprint density at radius 1 is 1.69 bits per heavy atom. The molecule has 1 aliphatic rings. The van der Waals surface area contributed by atoms with Gasteiger partial charge in [0.1, 0.15) is 5.54 Å². The van der Waals surface area contributed by atoms with E-state index in [4.69, 9.17) is 0 Å². The summed E-state index contributed by atoms with van der Waals surface area (Å²) in [5.74, 6) is 0. The Morgan fingerprint density at radius 2 is 2.38 bits per heavy atom. The molecule has 0 aromatic carbocycles. The third-order valence-electron chi connectivity index (χ3n) is 2.72. The zero-order valence-corrected chi connectivity index (χ0v) is 7.74. The predicted molar refractivity (Wildman–Crippen MR) is 47.0 cm³/mol. The summed E-state index contributed by atoms with van der Waals surface area (Å²) in [5, 5.41) is 4.13. The molecule has 4 nitrogen and oxygen atoms in total. The van der Waals surface area contributed by atoms with Crippen LogP contribution < -0.4 is 0 Å². The van der Waals surface area contributed by atoms with Crippen LogP contribution in [0.5, 0.6) is 0 Å². The molecule has 1 aromatic rings. The molecular formula is C9H11N3O. The lowest BCUT2D eigenvalue weighted by Gasteiger charge is -2.05. The number of aromatic nitrogens is 2. The standard InChI is InChI=1S/C9H11N3O/c1-7-8(5-11-12(7)2)9(3-4-9)10-6-13/h5H,3-4H2,1-2H3. The second kappa shape index (κ2) is 2.54. The van der Waals surface area contributed by atoms with Gasteiger partial charge in [0.15, 0.2) is 0 Å². The number of hydrogen-bond donors (Lipinski definition) is 0. The summed E-state index contributed by atoms with van der Waals surface area (Å²) in [6, 6.07) is 0. The monoisotopic (exact) mass is 177 g/mol. The highest BCUT2D eigenvalue weighted by Gasteiger charge is 2.46. The van der Waals surface area contributed by atoms with Crippen LogP contribution in [0.25, 0.3) is 0 Å². The van der Waals surface area contributed by atoms with E-state index in [1.54, 1.807) is 17.0 Å². The molecule has 0 radical (unpaired) electrons. The fourth-order valence-corrected chi connectivity index (χ4v) is 1.60. The average Bonchev–Trinajstić information content (AvgIpc) is 2.79. The van der Waals surface area contributed by atoms with E-state index < -0.39 is 0 Å². The molecule has 1 aromatic heterocycles. The first-order valence-corrected chi connectivity index (χ1v) is 4.28. The Morgan fingerprint density at radius 3 is 2.77 bits per heavy atom. The molecule has 0 N–H and O–H groups in total. The summed E-state index contributed by atoms with van der Waals surface area (Å²) < 4.78 is 1.80. The van der Waals surface area contributed by atoms with Crippen LogP contribution >= 0.6 is 0 Å². The van der Waals surface area contributed by atoms with Crippen molar-refractivity contribution in [3.05, 3.63) is 17.5 Å². The maximum Gasteiger partial charge on any atom is 0.235 e. The number of aryl methyl sites for hydroxylation is 1. The number of nitrogens with zero attached hydrogens (tertiary/aromatic N) is 3. The number of hydrogen-bond acceptors (Lipinski definition) is 3. The summed E-state index contributed by atoms with van der Waals surface area (Å²) in [5.41, 5.74) is 1.87. The van der Waals surface area contributed by atoms with Crippen molar-refractivity contribution in [2.75, 3.05) is 0 Å². The lowest BCUT2D eigenvalue weighted by Crippen LogP contribution is -2.04. The highest BCUT2D eigenvalue weighted by atomic mass is 16.1. The average molecular weight is 177 g/mol. The van der Waals surface area contributed by atoms with E-state index in [1.165, 1.54) is 0 Å². The van der Waals surface area contributed by atoms with Crippen LogP contribution in [-0.4, -0.2) is 15.9 Å². The molecule has 0 spiro atoms. The van der Waals surface area contributed by atoms with Crippen molar-refractivity contribution in [3.8, 4) is 0 Å². The van der Waals surface area contributed by atoms with Gasteiger partial charge in [0.25, 0.3) is 0 Å². The van der Waals surface area contributed by atoms with Crippen molar-refractivity contribution in [1.82, 2.24) is 9.78 Å². The molecule has 1 aliphatic carbocycles. The quantitative estimate of drug-likeness (QED) is 0.500. The first-order chi connectivity index (χ1) is 6.19. The maximum atomic E-state index is 10.2. The summed E-state index contributed by atoms with van der Waals surface area (Å²) in [6.45, 7) is 1.99. The molecule has 0 unspecified atom stereocenters. The topological polar surface area (TPSA) is 47.2 Å². The predicted octanol–water partition coefficient (Wildman–Crippen LogP) is 1.05. The van der Waals surface area contributed by atoms with Crippen molar-refractivity contribution in [1.29, 1.82) is 0 Å². The summed E-state index contributed by atoms with van der Waals surface area (Å²) in [6.07, 6.45) is 5.32. The van der Waals surface area contributed by atoms with Gasteiger partial charge in [-0.25, -0.2) is 4.79 Å². The van der Waals surface area contributed by atoms with E-state index >= 15 is 0 Å². The van der Waals surface area contributed by atoms with E-state index in [9.17, 15) is 4.79 Å². The summed E-state index contributed by atoms with van der Waals surface area (Å²) in [7, 11) is 1.89. The molecule has 0 amide bonds. The van der Waals surface area contributed by atoms with Crippen LogP contribution in [0.4, 0.5) is 0 Å². The van der Waals surface area contributed by atoms with Crippen molar-refractivity contribution in [2.45, 2.75) is 25.3 Å². The Bertz CT molecular complexity index is 384. The van der Waals surface area contributed by atoms with E-state index in [0.29, 0.717) is 0 Å². The molecule has 1 saturated carbocycles. The number of isocyanates is 1. The van der Waals surface area contributed by atoms with Gasteiger partial charge in [-0.3, -0.25) is 4.68 Å². The highest BCUT2D eigenvalue weighted by Crippen LogP contribution is 2.50. The molecule has 1 heterocycles. The van der Waals surface area contributed by atoms with Crippen LogP contribution in [0, 0.1) is 6.92 Å². The summed E-state index contributed by atoms with van der Waals surface area (Å²) in [4.78, 5) is 14.1. The number of rotatable bonds is 2. The van der Waals surface area contributed by atoms with Gasteiger partial charge in [0.05, 0.1) is 6.20 Å². The molecule has 2 rings (SSSR count). The van der Waals surface area contributed by atoms with Crippen LogP contribution in [0.3, 0.4) is 0 Å². The minimum Gasteiger partial charge on any atom is -0.273 e. The van der Waals surface area contributed by atoms with Crippen LogP contribution in [0.15, 0.2) is 11.2 Å². The molecule has 4 heteroatoms. The van der Waals surface area contributed by atoms with Gasteiger partial charge < -0.3 is 0 Å². The third-order valence-corrected chi connectivity index (χ3v) is 2.72. The molecule has 0 saturated heterocycles. The Labute approximate surface area is 76.3 Å². The normalized spacial score (nSPS) is 18.0. The van der Waals surface area contributed by atoms with E-state index in [2.05, 4.69) is 10.1 Å². The molecule has 1 fully saturated rings. The smallest absolute Gasteiger partial charge is 0.235 e.